The highest BCUT2D eigenvalue weighted by molar-refractivity contribution is 7.89. The lowest BCUT2D eigenvalue weighted by Crippen LogP contribution is -2.38. The van der Waals surface area contributed by atoms with Gasteiger partial charge in [0.25, 0.3) is 0 Å². The zero-order valence-electron chi connectivity index (χ0n) is 14.4. The highest BCUT2D eigenvalue weighted by Gasteiger charge is 2.19. The van der Waals surface area contributed by atoms with Gasteiger partial charge in [0, 0.05) is 20.0 Å². The molecule has 0 aliphatic heterocycles. The number of anilines is 1. The van der Waals surface area contributed by atoms with Gasteiger partial charge in [-0.05, 0) is 42.8 Å². The third kappa shape index (κ3) is 4.45. The molecule has 0 aromatic heterocycles. The minimum atomic E-state index is -3.85. The van der Waals surface area contributed by atoms with Gasteiger partial charge in [0.1, 0.15) is 11.9 Å². The lowest BCUT2D eigenvalue weighted by Gasteiger charge is -2.22. The number of amides is 1. The van der Waals surface area contributed by atoms with Crippen molar-refractivity contribution in [3.63, 3.8) is 0 Å². The number of nitrogens with one attached hydrogen (secondary N) is 1. The number of halogens is 1. The van der Waals surface area contributed by atoms with E-state index in [-0.39, 0.29) is 29.5 Å². The van der Waals surface area contributed by atoms with Crippen LogP contribution in [0, 0.1) is 24.1 Å². The fourth-order valence-electron chi connectivity index (χ4n) is 2.53. The van der Waals surface area contributed by atoms with Crippen LogP contribution in [0.1, 0.15) is 18.1 Å². The first-order valence-electron chi connectivity index (χ1n) is 7.79. The van der Waals surface area contributed by atoms with Crippen LogP contribution in [-0.2, 0) is 14.8 Å². The van der Waals surface area contributed by atoms with Gasteiger partial charge >= 0.3 is 0 Å². The van der Waals surface area contributed by atoms with Crippen molar-refractivity contribution in [2.75, 3.05) is 18.0 Å². The normalized spacial score (nSPS) is 11.0. The third-order valence-electron chi connectivity index (χ3n) is 3.75. The molecule has 0 bridgehead atoms. The van der Waals surface area contributed by atoms with Crippen molar-refractivity contribution < 1.29 is 17.6 Å². The van der Waals surface area contributed by atoms with E-state index in [2.05, 4.69) is 4.72 Å². The smallest absolute Gasteiger partial charge is 0.240 e. The van der Waals surface area contributed by atoms with Gasteiger partial charge in [-0.2, -0.15) is 5.26 Å². The zero-order valence-corrected chi connectivity index (χ0v) is 15.2. The first kappa shape index (κ1) is 19.6. The maximum Gasteiger partial charge on any atom is 0.240 e. The van der Waals surface area contributed by atoms with Crippen molar-refractivity contribution in [1.82, 2.24) is 4.72 Å². The molecule has 0 spiro atoms. The van der Waals surface area contributed by atoms with E-state index in [0.717, 1.165) is 12.1 Å². The summed E-state index contributed by atoms with van der Waals surface area (Å²) >= 11 is 0. The molecule has 136 valence electrons. The number of benzene rings is 2. The van der Waals surface area contributed by atoms with Crippen LogP contribution in [0.25, 0.3) is 0 Å². The average molecular weight is 375 g/mol. The molecule has 2 aromatic carbocycles. The van der Waals surface area contributed by atoms with Crippen molar-refractivity contribution in [3.05, 3.63) is 59.4 Å². The second-order valence-electron chi connectivity index (χ2n) is 5.61. The summed E-state index contributed by atoms with van der Waals surface area (Å²) in [5, 5.41) is 9.18. The lowest BCUT2D eigenvalue weighted by molar-refractivity contribution is -0.116. The van der Waals surface area contributed by atoms with E-state index in [4.69, 9.17) is 0 Å². The number of carbonyl (C=O) groups is 1. The summed E-state index contributed by atoms with van der Waals surface area (Å²) in [6.07, 6.45) is 0. The molecule has 0 saturated heterocycles. The summed E-state index contributed by atoms with van der Waals surface area (Å²) in [7, 11) is -3.85. The minimum absolute atomic E-state index is 0.0225. The Morgan fingerprint density at radius 3 is 2.58 bits per heavy atom. The maximum atomic E-state index is 13.2. The molecule has 0 saturated carbocycles. The Morgan fingerprint density at radius 2 is 1.96 bits per heavy atom. The van der Waals surface area contributed by atoms with Gasteiger partial charge in [0.2, 0.25) is 15.9 Å². The zero-order chi connectivity index (χ0) is 19.3. The van der Waals surface area contributed by atoms with Crippen molar-refractivity contribution in [1.29, 1.82) is 5.26 Å². The number of para-hydroxylation sites is 1. The number of aryl methyl sites for hydroxylation is 1. The average Bonchev–Trinajstić information content (AvgIpc) is 2.58. The van der Waals surface area contributed by atoms with Crippen molar-refractivity contribution in [2.24, 2.45) is 0 Å². The summed E-state index contributed by atoms with van der Waals surface area (Å²) in [6, 6.07) is 12.0. The van der Waals surface area contributed by atoms with Crippen LogP contribution < -0.4 is 9.62 Å². The van der Waals surface area contributed by atoms with Crippen LogP contribution >= 0.6 is 0 Å². The molecule has 6 nitrogen and oxygen atoms in total. The van der Waals surface area contributed by atoms with Gasteiger partial charge in [-0.15, -0.1) is 0 Å². The summed E-state index contributed by atoms with van der Waals surface area (Å²) < 4.78 is 40.3. The van der Waals surface area contributed by atoms with Gasteiger partial charge in [-0.1, -0.05) is 12.1 Å². The van der Waals surface area contributed by atoms with Crippen LogP contribution in [0.4, 0.5) is 10.1 Å². The number of carbonyl (C=O) groups excluding carboxylic acids is 1. The summed E-state index contributed by atoms with van der Waals surface area (Å²) in [6.45, 7) is 2.83. The molecule has 2 aromatic rings. The molecule has 8 heteroatoms. The van der Waals surface area contributed by atoms with E-state index in [1.807, 2.05) is 6.07 Å². The molecule has 1 N–H and O–H groups in total. The van der Waals surface area contributed by atoms with Crippen molar-refractivity contribution >= 4 is 21.6 Å². The predicted octanol–water partition coefficient (Wildman–Crippen LogP) is 2.34. The third-order valence-corrected chi connectivity index (χ3v) is 5.37. The van der Waals surface area contributed by atoms with Gasteiger partial charge in [0.05, 0.1) is 16.1 Å². The number of hydrogen-bond donors (Lipinski definition) is 1. The van der Waals surface area contributed by atoms with Crippen LogP contribution in [0.3, 0.4) is 0 Å². The monoisotopic (exact) mass is 375 g/mol. The highest BCUT2D eigenvalue weighted by Crippen LogP contribution is 2.20. The first-order chi connectivity index (χ1) is 12.3. The van der Waals surface area contributed by atoms with Gasteiger partial charge in [-0.25, -0.2) is 17.5 Å². The molecule has 0 aliphatic rings. The van der Waals surface area contributed by atoms with Crippen molar-refractivity contribution in [2.45, 2.75) is 18.7 Å². The molecule has 2 rings (SSSR count). The molecule has 0 radical (unpaired) electrons. The van der Waals surface area contributed by atoms with E-state index in [1.54, 1.807) is 24.3 Å². The van der Waals surface area contributed by atoms with Crippen LogP contribution in [0.5, 0.6) is 0 Å². The Morgan fingerprint density at radius 1 is 1.27 bits per heavy atom. The molecule has 1 amide bonds. The van der Waals surface area contributed by atoms with Gasteiger partial charge < -0.3 is 4.90 Å². The molecule has 0 aliphatic carbocycles. The summed E-state index contributed by atoms with van der Waals surface area (Å²) in [4.78, 5) is 13.2. The van der Waals surface area contributed by atoms with Crippen LogP contribution in [0.15, 0.2) is 47.4 Å². The topological polar surface area (TPSA) is 90.3 Å². The fourth-order valence-corrected chi connectivity index (χ4v) is 3.78. The summed E-state index contributed by atoms with van der Waals surface area (Å²) in [5.41, 5.74) is 1.02. The van der Waals surface area contributed by atoms with Crippen molar-refractivity contribution in [3.8, 4) is 6.07 Å². The molecule has 0 atom stereocenters. The van der Waals surface area contributed by atoms with Gasteiger partial charge in [0.15, 0.2) is 0 Å². The Labute approximate surface area is 151 Å². The molecule has 0 heterocycles. The number of nitrogens with zero attached hydrogens (tertiary/aromatic N) is 2. The van der Waals surface area contributed by atoms with E-state index < -0.39 is 15.8 Å². The lowest BCUT2D eigenvalue weighted by atomic mass is 10.1. The fraction of sp³-hybridized carbons (Fsp3) is 0.222. The van der Waals surface area contributed by atoms with E-state index in [0.29, 0.717) is 11.3 Å². The Hall–Kier alpha value is -2.76. The molecule has 0 unspecified atom stereocenters. The summed E-state index contributed by atoms with van der Waals surface area (Å²) in [5.74, 6) is -0.831. The molecule has 26 heavy (non-hydrogen) atoms. The first-order valence-corrected chi connectivity index (χ1v) is 9.27. The largest absolute Gasteiger partial charge is 0.310 e. The van der Waals surface area contributed by atoms with Crippen LogP contribution in [0.2, 0.25) is 0 Å². The Bertz CT molecular complexity index is 968. The second-order valence-corrected chi connectivity index (χ2v) is 7.34. The number of nitriles is 1. The van der Waals surface area contributed by atoms with E-state index in [1.165, 1.54) is 24.8 Å². The Kier molecular flexibility index (Phi) is 6.08. The standard InChI is InChI=1S/C18H18FN3O3S/c1-13-11-16(19)7-8-18(13)26(24,25)21-9-10-22(14(2)23)17-6-4-3-5-15(17)12-20/h3-8,11,21H,9-10H2,1-2H3. The highest BCUT2D eigenvalue weighted by atomic mass is 32.2. The SMILES string of the molecule is CC(=O)N(CCNS(=O)(=O)c1ccc(F)cc1C)c1ccccc1C#N. The second kappa shape index (κ2) is 8.08. The number of sulfonamides is 1. The predicted molar refractivity (Wildman–Crippen MR) is 95.5 cm³/mol. The maximum absolute atomic E-state index is 13.2. The van der Waals surface area contributed by atoms with E-state index in [9.17, 15) is 22.9 Å². The molecule has 0 fully saturated rings. The van der Waals surface area contributed by atoms with E-state index >= 15 is 0 Å². The van der Waals surface area contributed by atoms with Gasteiger partial charge in [-0.3, -0.25) is 4.79 Å². The number of rotatable bonds is 6. The number of hydrogen-bond acceptors (Lipinski definition) is 4. The molecular formula is C18H18FN3O3S. The van der Waals surface area contributed by atoms with Crippen LogP contribution in [-0.4, -0.2) is 27.4 Å². The quantitative estimate of drug-likeness (QED) is 0.839. The molecular weight excluding hydrogens is 357 g/mol. The minimum Gasteiger partial charge on any atom is -0.310 e. The Balaban J connectivity index is 2.15.